The molecule has 0 fully saturated rings. The third kappa shape index (κ3) is 2.89. The van der Waals surface area contributed by atoms with Crippen LogP contribution in [-0.4, -0.2) is 22.4 Å². The number of rotatable bonds is 4. The molecule has 1 aliphatic carbocycles. The van der Waals surface area contributed by atoms with Crippen LogP contribution in [0.5, 0.6) is 0 Å². The van der Waals surface area contributed by atoms with Crippen molar-refractivity contribution in [2.24, 2.45) is 11.7 Å². The van der Waals surface area contributed by atoms with Gasteiger partial charge in [-0.2, -0.15) is 0 Å². The molecule has 0 heterocycles. The molecule has 5 heteroatoms. The molecule has 3 N–H and O–H groups in total. The van der Waals surface area contributed by atoms with Crippen LogP contribution in [0.4, 0.5) is 0 Å². The number of carboxylic acid groups (broad SMARTS) is 1. The van der Waals surface area contributed by atoms with E-state index in [-0.39, 0.29) is 12.2 Å². The monoisotopic (exact) mass is 335 g/mol. The van der Waals surface area contributed by atoms with E-state index >= 15 is 0 Å². The number of carbonyl (C=O) groups excluding carboxylic acids is 1. The fourth-order valence-corrected chi connectivity index (χ4v) is 2.48. The summed E-state index contributed by atoms with van der Waals surface area (Å²) < 4.78 is 0.862. The summed E-state index contributed by atoms with van der Waals surface area (Å²) in [5.41, 5.74) is 5.35. The van der Waals surface area contributed by atoms with Crippen molar-refractivity contribution >= 4 is 27.7 Å². The fourth-order valence-electron chi connectivity index (χ4n) is 2.22. The van der Waals surface area contributed by atoms with Crippen LogP contribution in [0.1, 0.15) is 16.8 Å². The van der Waals surface area contributed by atoms with Gasteiger partial charge in [-0.3, -0.25) is 9.59 Å². The third-order valence-corrected chi connectivity index (χ3v) is 3.86. The maximum Gasteiger partial charge on any atom is 0.304 e. The van der Waals surface area contributed by atoms with Gasteiger partial charge in [0.25, 0.3) is 0 Å². The molecule has 0 radical (unpaired) electrons. The molecular formula is C15H14BrNO3. The number of carboxylic acids is 1. The van der Waals surface area contributed by atoms with Crippen molar-refractivity contribution < 1.29 is 14.7 Å². The molecule has 2 unspecified atom stereocenters. The van der Waals surface area contributed by atoms with E-state index in [9.17, 15) is 9.59 Å². The Bertz CT molecular complexity index is 592. The van der Waals surface area contributed by atoms with Crippen molar-refractivity contribution in [2.45, 2.75) is 12.0 Å². The van der Waals surface area contributed by atoms with Gasteiger partial charge in [0.1, 0.15) is 5.54 Å². The summed E-state index contributed by atoms with van der Waals surface area (Å²) in [6.45, 7) is 0. The molecule has 4 nitrogen and oxygen atoms in total. The molecule has 2 rings (SSSR count). The SMILES string of the molecule is NC1(C(=O)c2ccc(Br)cc2)C=CC=CC1CC(=O)O. The summed E-state index contributed by atoms with van der Waals surface area (Å²) in [5.74, 6) is -1.81. The lowest BCUT2D eigenvalue weighted by atomic mass is 9.74. The maximum absolute atomic E-state index is 12.6. The molecule has 0 aromatic heterocycles. The zero-order valence-corrected chi connectivity index (χ0v) is 12.2. The highest BCUT2D eigenvalue weighted by Crippen LogP contribution is 2.29. The molecule has 1 aromatic rings. The van der Waals surface area contributed by atoms with Crippen molar-refractivity contribution in [2.75, 3.05) is 0 Å². The van der Waals surface area contributed by atoms with E-state index in [4.69, 9.17) is 10.8 Å². The molecule has 0 aliphatic heterocycles. The first-order valence-corrected chi connectivity index (χ1v) is 6.90. The van der Waals surface area contributed by atoms with E-state index in [2.05, 4.69) is 15.9 Å². The fraction of sp³-hybridized carbons (Fsp3) is 0.200. The summed E-state index contributed by atoms with van der Waals surface area (Å²) in [6.07, 6.45) is 6.46. The van der Waals surface area contributed by atoms with Crippen LogP contribution in [0.15, 0.2) is 53.0 Å². The lowest BCUT2D eigenvalue weighted by Gasteiger charge is -2.32. The third-order valence-electron chi connectivity index (χ3n) is 3.33. The highest BCUT2D eigenvalue weighted by Gasteiger charge is 2.40. The summed E-state index contributed by atoms with van der Waals surface area (Å²) in [6, 6.07) is 6.85. The van der Waals surface area contributed by atoms with Crippen LogP contribution in [0.3, 0.4) is 0 Å². The van der Waals surface area contributed by atoms with Crippen LogP contribution >= 0.6 is 15.9 Å². The largest absolute Gasteiger partial charge is 0.481 e. The van der Waals surface area contributed by atoms with E-state index in [0.29, 0.717) is 5.56 Å². The standard InChI is InChI=1S/C15H14BrNO3/c16-12-6-4-10(5-7-12)14(20)15(17)8-2-1-3-11(15)9-13(18)19/h1-8,11H,9,17H2,(H,18,19). The van der Waals surface area contributed by atoms with Gasteiger partial charge in [-0.05, 0) is 12.1 Å². The Morgan fingerprint density at radius 2 is 1.90 bits per heavy atom. The van der Waals surface area contributed by atoms with Crippen LogP contribution < -0.4 is 5.73 Å². The number of allylic oxidation sites excluding steroid dienone is 2. The first-order valence-electron chi connectivity index (χ1n) is 6.10. The van der Waals surface area contributed by atoms with Gasteiger partial charge in [0.05, 0.1) is 6.42 Å². The number of benzene rings is 1. The lowest BCUT2D eigenvalue weighted by Crippen LogP contribution is -2.53. The van der Waals surface area contributed by atoms with Crippen LogP contribution in [0, 0.1) is 5.92 Å². The van der Waals surface area contributed by atoms with Crippen molar-refractivity contribution in [1.29, 1.82) is 0 Å². The van der Waals surface area contributed by atoms with Gasteiger partial charge in [0.15, 0.2) is 5.78 Å². The number of Topliss-reactive ketones (excluding diaryl/α,β-unsaturated/α-hetero) is 1. The topological polar surface area (TPSA) is 80.4 Å². The van der Waals surface area contributed by atoms with Crippen molar-refractivity contribution in [3.8, 4) is 0 Å². The Morgan fingerprint density at radius 3 is 2.50 bits per heavy atom. The number of hydrogen-bond donors (Lipinski definition) is 2. The Morgan fingerprint density at radius 1 is 1.25 bits per heavy atom. The summed E-state index contributed by atoms with van der Waals surface area (Å²) in [5, 5.41) is 8.96. The quantitative estimate of drug-likeness (QED) is 0.828. The predicted molar refractivity (Wildman–Crippen MR) is 79.4 cm³/mol. The molecule has 1 aliphatic rings. The molecule has 2 atom stereocenters. The number of nitrogens with two attached hydrogens (primary N) is 1. The maximum atomic E-state index is 12.6. The second-order valence-corrected chi connectivity index (χ2v) is 5.63. The minimum absolute atomic E-state index is 0.181. The van der Waals surface area contributed by atoms with Crippen molar-refractivity contribution in [1.82, 2.24) is 0 Å². The molecule has 1 aromatic carbocycles. The van der Waals surface area contributed by atoms with Crippen LogP contribution in [-0.2, 0) is 4.79 Å². The smallest absolute Gasteiger partial charge is 0.304 e. The highest BCUT2D eigenvalue weighted by atomic mass is 79.9. The highest BCUT2D eigenvalue weighted by molar-refractivity contribution is 9.10. The van der Waals surface area contributed by atoms with Crippen LogP contribution in [0.25, 0.3) is 0 Å². The van der Waals surface area contributed by atoms with Crippen LogP contribution in [0.2, 0.25) is 0 Å². The molecule has 0 bridgehead atoms. The van der Waals surface area contributed by atoms with Gasteiger partial charge >= 0.3 is 5.97 Å². The first-order chi connectivity index (χ1) is 9.43. The number of aliphatic carboxylic acids is 1. The number of hydrogen-bond acceptors (Lipinski definition) is 3. The second kappa shape index (κ2) is 5.73. The van der Waals surface area contributed by atoms with Crippen molar-refractivity contribution in [3.05, 3.63) is 58.6 Å². The van der Waals surface area contributed by atoms with Gasteiger partial charge in [-0.1, -0.05) is 52.4 Å². The average molecular weight is 336 g/mol. The van der Waals surface area contributed by atoms with Gasteiger partial charge in [-0.15, -0.1) is 0 Å². The van der Waals surface area contributed by atoms with Gasteiger partial charge in [0, 0.05) is 16.0 Å². The van der Waals surface area contributed by atoms with Crippen molar-refractivity contribution in [3.63, 3.8) is 0 Å². The minimum atomic E-state index is -1.32. The average Bonchev–Trinajstić information content (AvgIpc) is 2.41. The first kappa shape index (κ1) is 14.7. The zero-order valence-electron chi connectivity index (χ0n) is 10.6. The molecule has 104 valence electrons. The summed E-state index contributed by atoms with van der Waals surface area (Å²) in [7, 11) is 0. The van der Waals surface area contributed by atoms with Gasteiger partial charge < -0.3 is 10.8 Å². The lowest BCUT2D eigenvalue weighted by molar-refractivity contribution is -0.138. The van der Waals surface area contributed by atoms with Gasteiger partial charge in [0.2, 0.25) is 0 Å². The number of halogens is 1. The number of ketones is 1. The normalized spacial score (nSPS) is 24.6. The Labute approximate surface area is 125 Å². The summed E-state index contributed by atoms with van der Waals surface area (Å²) >= 11 is 3.30. The Hall–Kier alpha value is -1.72. The van der Waals surface area contributed by atoms with E-state index in [1.54, 1.807) is 48.6 Å². The van der Waals surface area contributed by atoms with E-state index in [0.717, 1.165) is 4.47 Å². The molecule has 20 heavy (non-hydrogen) atoms. The minimum Gasteiger partial charge on any atom is -0.481 e. The van der Waals surface area contributed by atoms with E-state index in [1.807, 2.05) is 0 Å². The van der Waals surface area contributed by atoms with Gasteiger partial charge in [-0.25, -0.2) is 0 Å². The molecule has 0 saturated carbocycles. The molecule has 0 saturated heterocycles. The number of carbonyl (C=O) groups is 2. The zero-order chi connectivity index (χ0) is 14.8. The Balaban J connectivity index is 2.34. The molecular weight excluding hydrogens is 322 g/mol. The molecule has 0 amide bonds. The predicted octanol–water partition coefficient (Wildman–Crippen LogP) is 2.55. The summed E-state index contributed by atoms with van der Waals surface area (Å²) in [4.78, 5) is 23.5. The molecule has 0 spiro atoms. The Kier molecular flexibility index (Phi) is 4.20. The second-order valence-electron chi connectivity index (χ2n) is 4.72. The van der Waals surface area contributed by atoms with E-state index < -0.39 is 17.4 Å². The van der Waals surface area contributed by atoms with E-state index in [1.165, 1.54) is 0 Å².